The molecule has 0 atom stereocenters. The first-order valence-corrected chi connectivity index (χ1v) is 9.33. The van der Waals surface area contributed by atoms with Gasteiger partial charge in [0.1, 0.15) is 0 Å². The Morgan fingerprint density at radius 3 is 2.63 bits per heavy atom. The maximum atomic E-state index is 12.3. The molecule has 1 aromatic heterocycles. The van der Waals surface area contributed by atoms with Crippen LogP contribution in [-0.2, 0) is 4.79 Å². The molecule has 1 amide bonds. The van der Waals surface area contributed by atoms with E-state index in [4.69, 9.17) is 0 Å². The first-order chi connectivity index (χ1) is 13.0. The van der Waals surface area contributed by atoms with E-state index in [2.05, 4.69) is 20.8 Å². The van der Waals surface area contributed by atoms with Gasteiger partial charge in [0.05, 0.1) is 17.1 Å². The second kappa shape index (κ2) is 8.13. The molecule has 2 aromatic carbocycles. The number of aromatic nitrogens is 4. The van der Waals surface area contributed by atoms with Crippen LogP contribution in [0.25, 0.3) is 5.69 Å². The van der Waals surface area contributed by atoms with Crippen molar-refractivity contribution < 1.29 is 9.59 Å². The van der Waals surface area contributed by atoms with Gasteiger partial charge in [0.15, 0.2) is 5.78 Å². The zero-order valence-electron chi connectivity index (χ0n) is 15.3. The number of benzene rings is 2. The zero-order chi connectivity index (χ0) is 19.4. The molecular weight excluding hydrogens is 362 g/mol. The summed E-state index contributed by atoms with van der Waals surface area (Å²) in [5.41, 5.74) is 4.15. The van der Waals surface area contributed by atoms with Gasteiger partial charge >= 0.3 is 0 Å². The van der Waals surface area contributed by atoms with Crippen LogP contribution in [-0.4, -0.2) is 37.7 Å². The zero-order valence-corrected chi connectivity index (χ0v) is 16.1. The predicted molar refractivity (Wildman–Crippen MR) is 104 cm³/mol. The van der Waals surface area contributed by atoms with E-state index in [1.54, 1.807) is 28.9 Å². The molecule has 0 aliphatic rings. The fourth-order valence-electron chi connectivity index (χ4n) is 2.50. The number of tetrazole rings is 1. The van der Waals surface area contributed by atoms with Gasteiger partial charge in [-0.1, -0.05) is 30.0 Å². The number of nitrogens with zero attached hydrogens (tertiary/aromatic N) is 4. The summed E-state index contributed by atoms with van der Waals surface area (Å²) in [6.45, 7) is 5.53. The van der Waals surface area contributed by atoms with Crippen molar-refractivity contribution in [1.29, 1.82) is 0 Å². The summed E-state index contributed by atoms with van der Waals surface area (Å²) in [7, 11) is 0. The number of hydrogen-bond acceptors (Lipinski definition) is 6. The van der Waals surface area contributed by atoms with Crippen molar-refractivity contribution in [1.82, 2.24) is 20.2 Å². The van der Waals surface area contributed by atoms with Crippen LogP contribution in [0.15, 0.2) is 47.6 Å². The monoisotopic (exact) mass is 381 g/mol. The summed E-state index contributed by atoms with van der Waals surface area (Å²) in [5.74, 6) is -0.210. The average Bonchev–Trinajstić information content (AvgIpc) is 3.11. The van der Waals surface area contributed by atoms with E-state index in [-0.39, 0.29) is 17.4 Å². The second-order valence-corrected chi connectivity index (χ2v) is 7.02. The maximum Gasteiger partial charge on any atom is 0.234 e. The number of rotatable bonds is 6. The van der Waals surface area contributed by atoms with Crippen LogP contribution < -0.4 is 5.32 Å². The quantitative estimate of drug-likeness (QED) is 0.521. The van der Waals surface area contributed by atoms with Crippen molar-refractivity contribution in [3.05, 3.63) is 59.2 Å². The molecule has 1 N–H and O–H groups in total. The molecule has 7 nitrogen and oxygen atoms in total. The molecule has 0 fully saturated rings. The molecule has 0 spiro atoms. The van der Waals surface area contributed by atoms with Crippen molar-refractivity contribution in [2.24, 2.45) is 0 Å². The molecule has 0 radical (unpaired) electrons. The predicted octanol–water partition coefficient (Wildman–Crippen LogP) is 3.21. The SMILES string of the molecule is CC(=O)c1ccccc1NC(=O)CSc1nnnn1-c1ccc(C)c(C)c1. The van der Waals surface area contributed by atoms with Gasteiger partial charge in [-0.15, -0.1) is 5.10 Å². The highest BCUT2D eigenvalue weighted by molar-refractivity contribution is 7.99. The number of hydrogen-bond donors (Lipinski definition) is 1. The van der Waals surface area contributed by atoms with Gasteiger partial charge in [0, 0.05) is 5.56 Å². The summed E-state index contributed by atoms with van der Waals surface area (Å²) in [4.78, 5) is 24.0. The second-order valence-electron chi connectivity index (χ2n) is 6.08. The smallest absolute Gasteiger partial charge is 0.234 e. The normalized spacial score (nSPS) is 10.6. The molecule has 8 heteroatoms. The highest BCUT2D eigenvalue weighted by Crippen LogP contribution is 2.21. The van der Waals surface area contributed by atoms with E-state index in [1.165, 1.54) is 24.2 Å². The fraction of sp³-hybridized carbons (Fsp3) is 0.211. The Morgan fingerprint density at radius 2 is 1.89 bits per heavy atom. The summed E-state index contributed by atoms with van der Waals surface area (Å²) in [6, 6.07) is 12.9. The third kappa shape index (κ3) is 4.40. The molecule has 138 valence electrons. The molecule has 1 heterocycles. The lowest BCUT2D eigenvalue weighted by molar-refractivity contribution is -0.113. The minimum Gasteiger partial charge on any atom is -0.325 e. The van der Waals surface area contributed by atoms with Crippen molar-refractivity contribution in [2.45, 2.75) is 25.9 Å². The Bertz CT molecular complexity index is 999. The molecular formula is C19H19N5O2S. The molecule has 0 aliphatic heterocycles. The van der Waals surface area contributed by atoms with Crippen LogP contribution in [0.2, 0.25) is 0 Å². The first-order valence-electron chi connectivity index (χ1n) is 8.34. The van der Waals surface area contributed by atoms with E-state index in [9.17, 15) is 9.59 Å². The standard InChI is InChI=1S/C19H19N5O2S/c1-12-8-9-15(10-13(12)2)24-19(21-22-23-24)27-11-18(26)20-17-7-5-4-6-16(17)14(3)25/h4-10H,11H2,1-3H3,(H,20,26). The first kappa shape index (κ1) is 18.8. The molecule has 0 bridgehead atoms. The number of nitrogens with one attached hydrogen (secondary N) is 1. The van der Waals surface area contributed by atoms with Gasteiger partial charge in [0.2, 0.25) is 11.1 Å². The van der Waals surface area contributed by atoms with Gasteiger partial charge < -0.3 is 5.32 Å². The lowest BCUT2D eigenvalue weighted by atomic mass is 10.1. The molecule has 0 aliphatic carbocycles. The Morgan fingerprint density at radius 1 is 1.11 bits per heavy atom. The minimum absolute atomic E-state index is 0.0998. The highest BCUT2D eigenvalue weighted by Gasteiger charge is 2.14. The Balaban J connectivity index is 1.69. The summed E-state index contributed by atoms with van der Waals surface area (Å²) in [5, 5.41) is 15.0. The topological polar surface area (TPSA) is 89.8 Å². The fourth-order valence-corrected chi connectivity index (χ4v) is 3.19. The molecule has 3 aromatic rings. The van der Waals surface area contributed by atoms with Crippen LogP contribution in [0.1, 0.15) is 28.4 Å². The number of ketones is 1. The number of amides is 1. The van der Waals surface area contributed by atoms with Gasteiger partial charge in [-0.3, -0.25) is 9.59 Å². The van der Waals surface area contributed by atoms with Gasteiger partial charge in [-0.2, -0.15) is 4.68 Å². The number of Topliss-reactive ketones (excluding diaryl/α,β-unsaturated/α-hetero) is 1. The van der Waals surface area contributed by atoms with Crippen molar-refractivity contribution >= 4 is 29.1 Å². The van der Waals surface area contributed by atoms with Crippen LogP contribution in [0, 0.1) is 13.8 Å². The minimum atomic E-state index is -0.233. The van der Waals surface area contributed by atoms with Crippen molar-refractivity contribution in [3.63, 3.8) is 0 Å². The van der Waals surface area contributed by atoms with Crippen molar-refractivity contribution in [3.8, 4) is 5.69 Å². The number of anilines is 1. The van der Waals surface area contributed by atoms with E-state index in [0.29, 0.717) is 16.4 Å². The van der Waals surface area contributed by atoms with Crippen molar-refractivity contribution in [2.75, 3.05) is 11.1 Å². The van der Waals surface area contributed by atoms with E-state index < -0.39 is 0 Å². The number of aryl methyl sites for hydroxylation is 2. The Hall–Kier alpha value is -3.00. The largest absolute Gasteiger partial charge is 0.325 e. The number of para-hydroxylation sites is 1. The van der Waals surface area contributed by atoms with E-state index >= 15 is 0 Å². The summed E-state index contributed by atoms with van der Waals surface area (Å²) in [6.07, 6.45) is 0. The highest BCUT2D eigenvalue weighted by atomic mass is 32.2. The lowest BCUT2D eigenvalue weighted by Crippen LogP contribution is -2.16. The van der Waals surface area contributed by atoms with E-state index in [0.717, 1.165) is 11.3 Å². The molecule has 0 unspecified atom stereocenters. The van der Waals surface area contributed by atoms with Crippen LogP contribution in [0.4, 0.5) is 5.69 Å². The third-order valence-electron chi connectivity index (χ3n) is 4.09. The number of carbonyl (C=O) groups excluding carboxylic acids is 2. The lowest BCUT2D eigenvalue weighted by Gasteiger charge is -2.09. The number of thioether (sulfide) groups is 1. The Kier molecular flexibility index (Phi) is 5.66. The Labute approximate surface area is 161 Å². The summed E-state index contributed by atoms with van der Waals surface area (Å²) >= 11 is 1.23. The summed E-state index contributed by atoms with van der Waals surface area (Å²) < 4.78 is 1.61. The van der Waals surface area contributed by atoms with Gasteiger partial charge in [0.25, 0.3) is 0 Å². The molecule has 3 rings (SSSR count). The van der Waals surface area contributed by atoms with Crippen LogP contribution in [0.5, 0.6) is 0 Å². The molecule has 27 heavy (non-hydrogen) atoms. The maximum absolute atomic E-state index is 12.3. The average molecular weight is 381 g/mol. The van der Waals surface area contributed by atoms with E-state index in [1.807, 2.05) is 32.0 Å². The molecule has 0 saturated heterocycles. The van der Waals surface area contributed by atoms with Crippen LogP contribution in [0.3, 0.4) is 0 Å². The van der Waals surface area contributed by atoms with Gasteiger partial charge in [-0.05, 0) is 66.6 Å². The van der Waals surface area contributed by atoms with Crippen LogP contribution >= 0.6 is 11.8 Å². The number of carbonyl (C=O) groups is 2. The van der Waals surface area contributed by atoms with Gasteiger partial charge in [-0.25, -0.2) is 0 Å². The third-order valence-corrected chi connectivity index (χ3v) is 5.01. The molecule has 0 saturated carbocycles.